The van der Waals surface area contributed by atoms with Crippen LogP contribution in [0.1, 0.15) is 46.0 Å². The van der Waals surface area contributed by atoms with Gasteiger partial charge in [-0.25, -0.2) is 4.39 Å². The van der Waals surface area contributed by atoms with Gasteiger partial charge in [0.25, 0.3) is 0 Å². The smallest absolute Gasteiger partial charge is 0.319 e. The van der Waals surface area contributed by atoms with E-state index < -0.39 is 5.82 Å². The molecule has 2 unspecified atom stereocenters. The Morgan fingerprint density at radius 2 is 1.73 bits per heavy atom. The molecule has 0 aliphatic carbocycles. The number of hydrogen-bond donors (Lipinski definition) is 2. The van der Waals surface area contributed by atoms with Gasteiger partial charge in [0, 0.05) is 55.8 Å². The highest BCUT2D eigenvalue weighted by molar-refractivity contribution is 6.35. The second-order valence-corrected chi connectivity index (χ2v) is 13.1. The Labute approximate surface area is 268 Å². The van der Waals surface area contributed by atoms with Gasteiger partial charge in [-0.15, -0.1) is 0 Å². The van der Waals surface area contributed by atoms with Crippen molar-refractivity contribution in [1.82, 2.24) is 20.2 Å². The SMILES string of the molecule is CC[C@@H]1CN(CCCOc2nc(N3CC4CCC(C3)N4)c3cc(Cl)c(-c4cc(O)cc5ccccc45)c(F)c3n2)C[C@H](CC)O1. The summed E-state index contributed by atoms with van der Waals surface area (Å²) in [5.74, 6) is 0.134. The van der Waals surface area contributed by atoms with Crippen LogP contribution in [0.25, 0.3) is 32.8 Å². The van der Waals surface area contributed by atoms with E-state index in [-0.39, 0.29) is 40.1 Å². The standard InChI is InChI=1S/C35H41ClFN5O3/c1-3-25-19-41(20-26(4-2)45-25)12-7-13-44-35-39-33-29(34(40-35)42-17-22-10-11-23(18-42)38-22)16-30(36)31(32(33)37)28-15-24(43)14-21-8-5-6-9-27(21)28/h5-6,8-9,14-16,22-23,25-26,38,43H,3-4,7,10-13,17-20H2,1-2H3/t22?,23?,25-,26+. The lowest BCUT2D eigenvalue weighted by Gasteiger charge is -2.37. The Bertz CT molecular complexity index is 1680. The van der Waals surface area contributed by atoms with Gasteiger partial charge in [0.1, 0.15) is 17.1 Å². The number of piperazine rings is 1. The molecule has 2 N–H and O–H groups in total. The lowest BCUT2D eigenvalue weighted by molar-refractivity contribution is -0.0875. The summed E-state index contributed by atoms with van der Waals surface area (Å²) in [7, 11) is 0. The van der Waals surface area contributed by atoms with Crippen molar-refractivity contribution in [3.63, 3.8) is 0 Å². The zero-order valence-electron chi connectivity index (χ0n) is 25.9. The summed E-state index contributed by atoms with van der Waals surface area (Å²) in [6.07, 6.45) is 5.54. The number of anilines is 1. The lowest BCUT2D eigenvalue weighted by atomic mass is 9.96. The molecule has 0 saturated carbocycles. The number of aromatic hydroxyl groups is 1. The summed E-state index contributed by atoms with van der Waals surface area (Å²) < 4.78 is 29.1. The molecule has 7 rings (SSSR count). The molecule has 0 radical (unpaired) electrons. The molecule has 0 spiro atoms. The minimum Gasteiger partial charge on any atom is -0.508 e. The Morgan fingerprint density at radius 1 is 1.00 bits per heavy atom. The van der Waals surface area contributed by atoms with Crippen molar-refractivity contribution in [2.45, 2.75) is 70.2 Å². The van der Waals surface area contributed by atoms with Crippen LogP contribution in [-0.2, 0) is 4.74 Å². The van der Waals surface area contributed by atoms with E-state index >= 15 is 4.39 Å². The van der Waals surface area contributed by atoms with Gasteiger partial charge in [-0.05, 0) is 66.6 Å². The van der Waals surface area contributed by atoms with Gasteiger partial charge >= 0.3 is 6.01 Å². The Hall–Kier alpha value is -3.24. The van der Waals surface area contributed by atoms with Crippen molar-refractivity contribution >= 4 is 39.1 Å². The van der Waals surface area contributed by atoms with Crippen molar-refractivity contribution in [2.24, 2.45) is 0 Å². The first-order valence-corrected chi connectivity index (χ1v) is 16.7. The Morgan fingerprint density at radius 3 is 2.47 bits per heavy atom. The molecule has 45 heavy (non-hydrogen) atoms. The van der Waals surface area contributed by atoms with E-state index in [1.165, 1.54) is 0 Å². The summed E-state index contributed by atoms with van der Waals surface area (Å²) in [6.45, 7) is 9.04. The molecule has 4 heterocycles. The Balaban J connectivity index is 1.23. The average molecular weight is 634 g/mol. The van der Waals surface area contributed by atoms with E-state index in [0.29, 0.717) is 35.5 Å². The van der Waals surface area contributed by atoms with E-state index in [1.54, 1.807) is 18.2 Å². The zero-order valence-corrected chi connectivity index (χ0v) is 26.7. The first kappa shape index (κ1) is 30.4. The van der Waals surface area contributed by atoms with Gasteiger partial charge in [-0.1, -0.05) is 49.7 Å². The highest BCUT2D eigenvalue weighted by atomic mass is 35.5. The molecule has 1 aromatic heterocycles. The number of halogens is 2. The zero-order chi connectivity index (χ0) is 31.1. The molecular weight excluding hydrogens is 593 g/mol. The number of benzene rings is 3. The third-order valence-corrected chi connectivity index (χ3v) is 9.84. The van der Waals surface area contributed by atoms with Crippen LogP contribution in [-0.4, -0.2) is 83.6 Å². The number of hydrogen-bond acceptors (Lipinski definition) is 8. The van der Waals surface area contributed by atoms with Crippen LogP contribution in [0, 0.1) is 5.82 Å². The molecular formula is C35H41ClFN5O3. The molecule has 3 saturated heterocycles. The quantitative estimate of drug-likeness (QED) is 0.201. The maximum absolute atomic E-state index is 16.8. The van der Waals surface area contributed by atoms with E-state index in [1.807, 2.05) is 24.3 Å². The minimum absolute atomic E-state index is 0.0405. The highest BCUT2D eigenvalue weighted by Gasteiger charge is 2.34. The molecule has 10 heteroatoms. The summed E-state index contributed by atoms with van der Waals surface area (Å²) in [5.41, 5.74) is 0.882. The van der Waals surface area contributed by atoms with E-state index in [2.05, 4.69) is 33.9 Å². The summed E-state index contributed by atoms with van der Waals surface area (Å²) >= 11 is 6.88. The van der Waals surface area contributed by atoms with Gasteiger partial charge in [-0.3, -0.25) is 4.90 Å². The number of nitrogens with one attached hydrogen (secondary N) is 1. The summed E-state index contributed by atoms with van der Waals surface area (Å²) in [4.78, 5) is 14.2. The third kappa shape index (κ3) is 6.15. The fourth-order valence-electron chi connectivity index (χ4n) is 7.28. The molecule has 238 valence electrons. The fraction of sp³-hybridized carbons (Fsp3) is 0.486. The van der Waals surface area contributed by atoms with Crippen molar-refractivity contribution in [3.8, 4) is 22.9 Å². The summed E-state index contributed by atoms with van der Waals surface area (Å²) in [5, 5.41) is 16.6. The van der Waals surface area contributed by atoms with Gasteiger partial charge < -0.3 is 24.8 Å². The van der Waals surface area contributed by atoms with Crippen LogP contribution >= 0.6 is 11.6 Å². The number of morpholine rings is 1. The van der Waals surface area contributed by atoms with Gasteiger partial charge in [0.05, 0.1) is 23.8 Å². The molecule has 3 fully saturated rings. The van der Waals surface area contributed by atoms with Crippen molar-refractivity contribution in [2.75, 3.05) is 44.2 Å². The number of aromatic nitrogens is 2. The van der Waals surface area contributed by atoms with Gasteiger partial charge in [0.2, 0.25) is 0 Å². The fourth-order valence-corrected chi connectivity index (χ4v) is 7.57. The Kier molecular flexibility index (Phi) is 8.70. The van der Waals surface area contributed by atoms with Crippen LogP contribution in [0.2, 0.25) is 5.02 Å². The largest absolute Gasteiger partial charge is 0.508 e. The molecule has 3 aromatic carbocycles. The first-order chi connectivity index (χ1) is 21.9. The van der Waals surface area contributed by atoms with Crippen molar-refractivity contribution in [1.29, 1.82) is 0 Å². The topological polar surface area (TPSA) is 83.0 Å². The lowest BCUT2D eigenvalue weighted by Crippen LogP contribution is -2.51. The predicted octanol–water partition coefficient (Wildman–Crippen LogP) is 6.55. The number of fused-ring (bicyclic) bond motifs is 4. The number of rotatable bonds is 9. The van der Waals surface area contributed by atoms with Gasteiger partial charge in [0.15, 0.2) is 5.82 Å². The van der Waals surface area contributed by atoms with Crippen LogP contribution in [0.5, 0.6) is 11.8 Å². The molecule has 3 aliphatic heterocycles. The number of phenols is 1. The number of phenolic OH excluding ortho intramolecular Hbond substituents is 1. The second kappa shape index (κ2) is 12.9. The van der Waals surface area contributed by atoms with Crippen LogP contribution in [0.3, 0.4) is 0 Å². The molecule has 8 nitrogen and oxygen atoms in total. The van der Waals surface area contributed by atoms with Gasteiger partial charge in [-0.2, -0.15) is 9.97 Å². The number of nitrogens with zero attached hydrogens (tertiary/aromatic N) is 4. The molecule has 3 aliphatic rings. The predicted molar refractivity (Wildman–Crippen MR) is 177 cm³/mol. The van der Waals surface area contributed by atoms with Crippen LogP contribution in [0.15, 0.2) is 42.5 Å². The molecule has 4 aromatic rings. The normalized spacial score (nSPS) is 23.7. The van der Waals surface area contributed by atoms with E-state index in [9.17, 15) is 5.11 Å². The van der Waals surface area contributed by atoms with E-state index in [0.717, 1.165) is 75.6 Å². The van der Waals surface area contributed by atoms with E-state index in [4.69, 9.17) is 26.1 Å². The molecule has 2 bridgehead atoms. The second-order valence-electron chi connectivity index (χ2n) is 12.7. The monoisotopic (exact) mass is 633 g/mol. The van der Waals surface area contributed by atoms with Crippen molar-refractivity contribution in [3.05, 3.63) is 53.3 Å². The third-order valence-electron chi connectivity index (χ3n) is 9.54. The maximum atomic E-state index is 16.8. The van der Waals surface area contributed by atoms with Crippen LogP contribution < -0.4 is 15.0 Å². The maximum Gasteiger partial charge on any atom is 0.319 e. The minimum atomic E-state index is -0.551. The van der Waals surface area contributed by atoms with Crippen molar-refractivity contribution < 1.29 is 19.0 Å². The number of ether oxygens (including phenoxy) is 2. The molecule has 4 atom stereocenters. The van der Waals surface area contributed by atoms with Crippen LogP contribution in [0.4, 0.5) is 10.2 Å². The highest BCUT2D eigenvalue weighted by Crippen LogP contribution is 2.43. The average Bonchev–Trinajstić information content (AvgIpc) is 3.39. The first-order valence-electron chi connectivity index (χ1n) is 16.3. The summed E-state index contributed by atoms with van der Waals surface area (Å²) in [6, 6.07) is 13.5. The molecule has 0 amide bonds.